The second kappa shape index (κ2) is 7.05. The van der Waals surface area contributed by atoms with Crippen LogP contribution < -0.4 is 5.32 Å². The fourth-order valence-electron chi connectivity index (χ4n) is 1.48. The molecular weight excluding hydrogens is 242 g/mol. The largest absolute Gasteiger partial charge is 0.316 e. The van der Waals surface area contributed by atoms with E-state index in [1.165, 1.54) is 0 Å². The van der Waals surface area contributed by atoms with Gasteiger partial charge in [-0.2, -0.15) is 0 Å². The predicted octanol–water partition coefficient (Wildman–Crippen LogP) is 2.59. The van der Waals surface area contributed by atoms with Gasteiger partial charge in [0.1, 0.15) is 0 Å². The van der Waals surface area contributed by atoms with E-state index in [-0.39, 0.29) is 0 Å². The summed E-state index contributed by atoms with van der Waals surface area (Å²) in [5, 5.41) is 3.86. The molecule has 0 spiro atoms. The zero-order chi connectivity index (χ0) is 12.0. The highest BCUT2D eigenvalue weighted by atomic mass is 35.5. The van der Waals surface area contributed by atoms with Crippen LogP contribution in [-0.2, 0) is 16.6 Å². The van der Waals surface area contributed by atoms with Crippen LogP contribution in [0.3, 0.4) is 0 Å². The van der Waals surface area contributed by atoms with Gasteiger partial charge >= 0.3 is 0 Å². The minimum atomic E-state index is -0.858. The lowest BCUT2D eigenvalue weighted by molar-refractivity contribution is 0.590. The summed E-state index contributed by atoms with van der Waals surface area (Å²) in [5.74, 6) is 1.22. The molecule has 2 unspecified atom stereocenters. The Balaban J connectivity index is 2.55. The highest BCUT2D eigenvalue weighted by Gasteiger charge is 2.10. The number of benzene rings is 1. The third-order valence-corrected chi connectivity index (χ3v) is 4.34. The lowest BCUT2D eigenvalue weighted by Gasteiger charge is -2.13. The first kappa shape index (κ1) is 13.7. The van der Waals surface area contributed by atoms with Gasteiger partial charge in [-0.15, -0.1) is 0 Å². The first-order chi connectivity index (χ1) is 7.67. The summed E-state index contributed by atoms with van der Waals surface area (Å²) in [5.41, 5.74) is 0.966. The molecule has 4 heteroatoms. The molecule has 2 nitrogen and oxygen atoms in total. The summed E-state index contributed by atoms with van der Waals surface area (Å²) >= 11 is 6.02. The molecule has 0 radical (unpaired) electrons. The SMILES string of the molecule is CCC(CS(=O)Cc1ccccc1Cl)NC. The van der Waals surface area contributed by atoms with Gasteiger partial charge in [-0.05, 0) is 25.1 Å². The molecule has 0 saturated heterocycles. The summed E-state index contributed by atoms with van der Waals surface area (Å²) in [7, 11) is 1.05. The summed E-state index contributed by atoms with van der Waals surface area (Å²) < 4.78 is 11.9. The molecule has 1 rings (SSSR count). The molecule has 0 saturated carbocycles. The summed E-state index contributed by atoms with van der Waals surface area (Å²) in [6.45, 7) is 2.09. The second-order valence-corrected chi connectivity index (χ2v) is 5.64. The maximum absolute atomic E-state index is 11.9. The molecule has 0 heterocycles. The highest BCUT2D eigenvalue weighted by molar-refractivity contribution is 7.84. The quantitative estimate of drug-likeness (QED) is 0.851. The minimum absolute atomic E-state index is 0.323. The Labute approximate surface area is 105 Å². The van der Waals surface area contributed by atoms with Crippen LogP contribution >= 0.6 is 11.6 Å². The summed E-state index contributed by atoms with van der Waals surface area (Å²) in [4.78, 5) is 0. The summed E-state index contributed by atoms with van der Waals surface area (Å²) in [6.07, 6.45) is 0.991. The standard InChI is InChI=1S/C12H18ClNOS/c1-3-11(14-2)9-16(15)8-10-6-4-5-7-12(10)13/h4-7,11,14H,3,8-9H2,1-2H3. The van der Waals surface area contributed by atoms with Gasteiger partial charge in [0.05, 0.1) is 5.75 Å². The fourth-order valence-corrected chi connectivity index (χ4v) is 3.33. The first-order valence-corrected chi connectivity index (χ1v) is 7.29. The maximum atomic E-state index is 11.9. The van der Waals surface area contributed by atoms with Crippen molar-refractivity contribution in [3.8, 4) is 0 Å². The molecule has 16 heavy (non-hydrogen) atoms. The molecule has 0 bridgehead atoms. The molecule has 0 aromatic heterocycles. The number of rotatable bonds is 6. The van der Waals surface area contributed by atoms with E-state index in [0.29, 0.717) is 22.6 Å². The maximum Gasteiger partial charge on any atom is 0.0501 e. The van der Waals surface area contributed by atoms with Crippen molar-refractivity contribution < 1.29 is 4.21 Å². The van der Waals surface area contributed by atoms with Crippen LogP contribution in [0.1, 0.15) is 18.9 Å². The smallest absolute Gasteiger partial charge is 0.0501 e. The summed E-state index contributed by atoms with van der Waals surface area (Å²) in [6, 6.07) is 7.90. The van der Waals surface area contributed by atoms with E-state index in [1.54, 1.807) is 0 Å². The molecule has 1 aromatic carbocycles. The van der Waals surface area contributed by atoms with Gasteiger partial charge in [0.15, 0.2) is 0 Å². The van der Waals surface area contributed by atoms with Crippen LogP contribution in [0.15, 0.2) is 24.3 Å². The van der Waals surface area contributed by atoms with E-state index < -0.39 is 10.8 Å². The molecule has 90 valence electrons. The molecule has 2 atom stereocenters. The normalized spacial score (nSPS) is 14.7. The lowest BCUT2D eigenvalue weighted by Crippen LogP contribution is -2.30. The van der Waals surface area contributed by atoms with E-state index >= 15 is 0 Å². The molecule has 0 aliphatic rings. The Morgan fingerprint density at radius 3 is 2.69 bits per heavy atom. The van der Waals surface area contributed by atoms with Crippen LogP contribution in [0.4, 0.5) is 0 Å². The Morgan fingerprint density at radius 1 is 1.44 bits per heavy atom. The zero-order valence-corrected chi connectivity index (χ0v) is 11.3. The van der Waals surface area contributed by atoms with E-state index in [4.69, 9.17) is 11.6 Å². The van der Waals surface area contributed by atoms with Crippen molar-refractivity contribution in [2.45, 2.75) is 25.1 Å². The Morgan fingerprint density at radius 2 is 2.12 bits per heavy atom. The molecule has 0 fully saturated rings. The average molecular weight is 260 g/mol. The predicted molar refractivity (Wildman–Crippen MR) is 71.3 cm³/mol. The highest BCUT2D eigenvalue weighted by Crippen LogP contribution is 2.16. The fraction of sp³-hybridized carbons (Fsp3) is 0.500. The van der Waals surface area contributed by atoms with Crippen molar-refractivity contribution in [2.24, 2.45) is 0 Å². The van der Waals surface area contributed by atoms with Crippen LogP contribution in [0.2, 0.25) is 5.02 Å². The minimum Gasteiger partial charge on any atom is -0.316 e. The molecule has 0 amide bonds. The lowest BCUT2D eigenvalue weighted by atomic mass is 10.2. The van der Waals surface area contributed by atoms with Crippen molar-refractivity contribution in [1.29, 1.82) is 0 Å². The Kier molecular flexibility index (Phi) is 6.03. The van der Waals surface area contributed by atoms with Crippen molar-refractivity contribution in [1.82, 2.24) is 5.32 Å². The van der Waals surface area contributed by atoms with Gasteiger partial charge in [-0.3, -0.25) is 4.21 Å². The topological polar surface area (TPSA) is 29.1 Å². The van der Waals surface area contributed by atoms with E-state index in [1.807, 2.05) is 31.3 Å². The number of nitrogens with one attached hydrogen (secondary N) is 1. The molecular formula is C12H18ClNOS. The van der Waals surface area contributed by atoms with Crippen LogP contribution in [0.25, 0.3) is 0 Å². The van der Waals surface area contributed by atoms with Gasteiger partial charge in [0.2, 0.25) is 0 Å². The van der Waals surface area contributed by atoms with Gasteiger partial charge in [0.25, 0.3) is 0 Å². The monoisotopic (exact) mass is 259 g/mol. The second-order valence-electron chi connectivity index (χ2n) is 3.74. The number of hydrogen-bond donors (Lipinski definition) is 1. The third kappa shape index (κ3) is 4.24. The van der Waals surface area contributed by atoms with E-state index in [0.717, 1.165) is 12.0 Å². The van der Waals surface area contributed by atoms with Gasteiger partial charge in [-0.1, -0.05) is 36.7 Å². The van der Waals surface area contributed by atoms with E-state index in [2.05, 4.69) is 12.2 Å². The average Bonchev–Trinajstić information content (AvgIpc) is 2.29. The molecule has 0 aliphatic carbocycles. The molecule has 0 aliphatic heterocycles. The van der Waals surface area contributed by atoms with E-state index in [9.17, 15) is 4.21 Å². The zero-order valence-electron chi connectivity index (χ0n) is 9.70. The number of hydrogen-bond acceptors (Lipinski definition) is 2. The van der Waals surface area contributed by atoms with Crippen LogP contribution in [0.5, 0.6) is 0 Å². The number of halogens is 1. The van der Waals surface area contributed by atoms with Crippen molar-refractivity contribution in [3.63, 3.8) is 0 Å². The first-order valence-electron chi connectivity index (χ1n) is 5.43. The van der Waals surface area contributed by atoms with Crippen molar-refractivity contribution in [2.75, 3.05) is 12.8 Å². The van der Waals surface area contributed by atoms with Crippen molar-refractivity contribution >= 4 is 22.4 Å². The van der Waals surface area contributed by atoms with Gasteiger partial charge in [-0.25, -0.2) is 0 Å². The molecule has 1 aromatic rings. The molecule has 1 N–H and O–H groups in total. The van der Waals surface area contributed by atoms with Crippen molar-refractivity contribution in [3.05, 3.63) is 34.9 Å². The Bertz CT molecular complexity index is 353. The van der Waals surface area contributed by atoms with Crippen LogP contribution in [-0.4, -0.2) is 23.1 Å². The van der Waals surface area contributed by atoms with Crippen LogP contribution in [0, 0.1) is 0 Å². The third-order valence-electron chi connectivity index (χ3n) is 2.56. The van der Waals surface area contributed by atoms with Gasteiger partial charge in [0, 0.05) is 27.6 Å². The van der Waals surface area contributed by atoms with Gasteiger partial charge < -0.3 is 5.32 Å². The Hall–Kier alpha value is -0.380.